The van der Waals surface area contributed by atoms with Crippen molar-refractivity contribution in [1.29, 1.82) is 0 Å². The molecule has 2 aromatic rings. The lowest BCUT2D eigenvalue weighted by Crippen LogP contribution is -2.36. The van der Waals surface area contributed by atoms with Crippen LogP contribution in [-0.4, -0.2) is 55.2 Å². The average Bonchev–Trinajstić information content (AvgIpc) is 3.21. The maximum atomic E-state index is 12.6. The number of sulfone groups is 1. The molecule has 3 heterocycles. The molecule has 2 aliphatic heterocycles. The van der Waals surface area contributed by atoms with Crippen molar-refractivity contribution in [3.63, 3.8) is 0 Å². The van der Waals surface area contributed by atoms with Crippen molar-refractivity contribution < 1.29 is 8.42 Å². The third-order valence-corrected chi connectivity index (χ3v) is 7.12. The summed E-state index contributed by atoms with van der Waals surface area (Å²) >= 11 is 0. The highest BCUT2D eigenvalue weighted by atomic mass is 32.2. The van der Waals surface area contributed by atoms with Gasteiger partial charge in [-0.1, -0.05) is 18.2 Å². The first-order valence-corrected chi connectivity index (χ1v) is 11.3. The molecule has 7 heteroatoms. The lowest BCUT2D eigenvalue weighted by atomic mass is 10.1. The van der Waals surface area contributed by atoms with Gasteiger partial charge in [-0.25, -0.2) is 18.4 Å². The Morgan fingerprint density at radius 3 is 2.52 bits per heavy atom. The van der Waals surface area contributed by atoms with Gasteiger partial charge in [-0.2, -0.15) is 0 Å². The number of nitrogens with zero attached hydrogens (tertiary/aromatic N) is 4. The summed E-state index contributed by atoms with van der Waals surface area (Å²) in [6.45, 7) is 6.15. The van der Waals surface area contributed by atoms with Crippen LogP contribution < -0.4 is 4.90 Å². The van der Waals surface area contributed by atoms with Crippen LogP contribution in [0.2, 0.25) is 0 Å². The first kappa shape index (κ1) is 18.4. The summed E-state index contributed by atoms with van der Waals surface area (Å²) in [5, 5.41) is 0. The number of aryl methyl sites for hydroxylation is 1. The molecule has 0 atom stereocenters. The topological polar surface area (TPSA) is 66.4 Å². The smallest absolute Gasteiger partial charge is 0.179 e. The van der Waals surface area contributed by atoms with E-state index in [0.29, 0.717) is 11.4 Å². The minimum atomic E-state index is -3.25. The van der Waals surface area contributed by atoms with E-state index in [-0.39, 0.29) is 5.75 Å². The lowest BCUT2D eigenvalue weighted by molar-refractivity contribution is 0.266. The summed E-state index contributed by atoms with van der Waals surface area (Å²) in [7, 11) is -3.25. The highest BCUT2D eigenvalue weighted by molar-refractivity contribution is 7.91. The van der Waals surface area contributed by atoms with Crippen molar-refractivity contribution in [3.05, 3.63) is 47.4 Å². The van der Waals surface area contributed by atoms with Crippen LogP contribution in [0, 0.1) is 6.92 Å². The Labute approximate surface area is 161 Å². The predicted octanol–water partition coefficient (Wildman–Crippen LogP) is 2.22. The maximum absolute atomic E-state index is 12.6. The Kier molecular flexibility index (Phi) is 5.14. The zero-order valence-corrected chi connectivity index (χ0v) is 16.6. The van der Waals surface area contributed by atoms with Gasteiger partial charge in [0, 0.05) is 44.7 Å². The van der Waals surface area contributed by atoms with Gasteiger partial charge in [-0.15, -0.1) is 0 Å². The molecule has 1 aromatic carbocycles. The molecule has 1 aromatic heterocycles. The van der Waals surface area contributed by atoms with Gasteiger partial charge >= 0.3 is 0 Å². The molecule has 27 heavy (non-hydrogen) atoms. The second-order valence-electron chi connectivity index (χ2n) is 7.37. The minimum Gasteiger partial charge on any atom is -0.356 e. The molecule has 1 saturated heterocycles. The number of rotatable bonds is 5. The SMILES string of the molecule is Cc1nc2c(c(N3CCCC3)n1)CN(CCS(=O)(=O)c1ccccc1)CC2. The van der Waals surface area contributed by atoms with Gasteiger partial charge < -0.3 is 4.90 Å². The molecule has 0 N–H and O–H groups in total. The Morgan fingerprint density at radius 1 is 1.04 bits per heavy atom. The van der Waals surface area contributed by atoms with E-state index in [2.05, 4.69) is 14.8 Å². The molecule has 0 spiro atoms. The van der Waals surface area contributed by atoms with Crippen LogP contribution in [-0.2, 0) is 22.8 Å². The van der Waals surface area contributed by atoms with Gasteiger partial charge in [0.2, 0.25) is 0 Å². The van der Waals surface area contributed by atoms with Gasteiger partial charge in [-0.3, -0.25) is 4.90 Å². The molecule has 144 valence electrons. The van der Waals surface area contributed by atoms with Crippen LogP contribution in [0.5, 0.6) is 0 Å². The van der Waals surface area contributed by atoms with Crippen molar-refractivity contribution in [2.45, 2.75) is 37.6 Å². The van der Waals surface area contributed by atoms with Crippen molar-refractivity contribution in [2.24, 2.45) is 0 Å². The molecule has 2 aliphatic rings. The Balaban J connectivity index is 1.50. The Bertz CT molecular complexity index is 909. The quantitative estimate of drug-likeness (QED) is 0.785. The highest BCUT2D eigenvalue weighted by Crippen LogP contribution is 2.29. The Hall–Kier alpha value is -1.99. The maximum Gasteiger partial charge on any atom is 0.179 e. The number of hydrogen-bond acceptors (Lipinski definition) is 6. The number of fused-ring (bicyclic) bond motifs is 1. The highest BCUT2D eigenvalue weighted by Gasteiger charge is 2.27. The molecule has 4 rings (SSSR count). The van der Waals surface area contributed by atoms with E-state index in [0.717, 1.165) is 49.9 Å². The zero-order valence-electron chi connectivity index (χ0n) is 15.8. The van der Waals surface area contributed by atoms with E-state index in [1.54, 1.807) is 24.3 Å². The van der Waals surface area contributed by atoms with E-state index in [1.165, 1.54) is 18.4 Å². The standard InChI is InChI=1S/C20H26N4O2S/c1-16-21-19-9-12-23(13-14-27(25,26)17-7-3-2-4-8-17)15-18(19)20(22-16)24-10-5-6-11-24/h2-4,7-8H,5-6,9-15H2,1H3. The molecule has 0 aliphatic carbocycles. The molecule has 0 unspecified atom stereocenters. The van der Waals surface area contributed by atoms with Crippen LogP contribution in [0.1, 0.15) is 29.9 Å². The largest absolute Gasteiger partial charge is 0.356 e. The van der Waals surface area contributed by atoms with Gasteiger partial charge in [0.05, 0.1) is 16.3 Å². The summed E-state index contributed by atoms with van der Waals surface area (Å²) < 4.78 is 25.2. The third-order valence-electron chi connectivity index (χ3n) is 5.41. The van der Waals surface area contributed by atoms with Gasteiger partial charge in [0.15, 0.2) is 9.84 Å². The number of anilines is 1. The van der Waals surface area contributed by atoms with Gasteiger partial charge in [0.25, 0.3) is 0 Å². The summed E-state index contributed by atoms with van der Waals surface area (Å²) in [6, 6.07) is 8.71. The van der Waals surface area contributed by atoms with Crippen LogP contribution in [0.3, 0.4) is 0 Å². The fourth-order valence-corrected chi connectivity index (χ4v) is 5.26. The fourth-order valence-electron chi connectivity index (χ4n) is 3.95. The first-order valence-electron chi connectivity index (χ1n) is 9.64. The second-order valence-corrected chi connectivity index (χ2v) is 9.48. The predicted molar refractivity (Wildman–Crippen MR) is 106 cm³/mol. The number of aromatic nitrogens is 2. The van der Waals surface area contributed by atoms with Crippen molar-refractivity contribution in [3.8, 4) is 0 Å². The van der Waals surface area contributed by atoms with E-state index in [4.69, 9.17) is 4.98 Å². The molecule has 0 amide bonds. The minimum absolute atomic E-state index is 0.137. The third kappa shape index (κ3) is 3.99. The van der Waals surface area contributed by atoms with Crippen molar-refractivity contribution in [1.82, 2.24) is 14.9 Å². The van der Waals surface area contributed by atoms with Crippen LogP contribution in [0.25, 0.3) is 0 Å². The van der Waals surface area contributed by atoms with Crippen LogP contribution in [0.15, 0.2) is 35.2 Å². The van der Waals surface area contributed by atoms with E-state index < -0.39 is 9.84 Å². The van der Waals surface area contributed by atoms with Gasteiger partial charge in [-0.05, 0) is 31.9 Å². The zero-order chi connectivity index (χ0) is 18.9. The van der Waals surface area contributed by atoms with Crippen LogP contribution in [0.4, 0.5) is 5.82 Å². The molecular weight excluding hydrogens is 360 g/mol. The molecular formula is C20H26N4O2S. The fraction of sp³-hybridized carbons (Fsp3) is 0.500. The normalized spacial score (nSPS) is 17.9. The molecule has 0 radical (unpaired) electrons. The lowest BCUT2D eigenvalue weighted by Gasteiger charge is -2.31. The number of benzene rings is 1. The van der Waals surface area contributed by atoms with Crippen LogP contribution >= 0.6 is 0 Å². The molecule has 6 nitrogen and oxygen atoms in total. The average molecular weight is 387 g/mol. The molecule has 1 fully saturated rings. The van der Waals surface area contributed by atoms with Crippen molar-refractivity contribution in [2.75, 3.05) is 36.8 Å². The summed E-state index contributed by atoms with van der Waals surface area (Å²) in [5.41, 5.74) is 2.32. The van der Waals surface area contributed by atoms with E-state index in [1.807, 2.05) is 13.0 Å². The number of hydrogen-bond donors (Lipinski definition) is 0. The van der Waals surface area contributed by atoms with E-state index in [9.17, 15) is 8.42 Å². The molecule has 0 saturated carbocycles. The van der Waals surface area contributed by atoms with Gasteiger partial charge in [0.1, 0.15) is 11.6 Å². The van der Waals surface area contributed by atoms with Crippen molar-refractivity contribution >= 4 is 15.7 Å². The summed E-state index contributed by atoms with van der Waals surface area (Å²) in [5.74, 6) is 2.03. The Morgan fingerprint density at radius 2 is 1.78 bits per heavy atom. The summed E-state index contributed by atoms with van der Waals surface area (Å²) in [6.07, 6.45) is 3.26. The van der Waals surface area contributed by atoms with E-state index >= 15 is 0 Å². The monoisotopic (exact) mass is 386 g/mol. The first-order chi connectivity index (χ1) is 13.0. The summed E-state index contributed by atoms with van der Waals surface area (Å²) in [4.78, 5) is 14.4. The second kappa shape index (κ2) is 7.56. The molecule has 0 bridgehead atoms.